The number of ether oxygens (including phenoxy) is 2. The summed E-state index contributed by atoms with van der Waals surface area (Å²) in [6, 6.07) is 7.25. The van der Waals surface area contributed by atoms with E-state index in [2.05, 4.69) is 0 Å². The number of amides is 1. The third-order valence-corrected chi connectivity index (χ3v) is 3.33. The Labute approximate surface area is 132 Å². The van der Waals surface area contributed by atoms with E-state index in [0.717, 1.165) is 0 Å². The Morgan fingerprint density at radius 2 is 2.04 bits per heavy atom. The number of nitrogens with one attached hydrogen (secondary N) is 1. The van der Waals surface area contributed by atoms with Gasteiger partial charge in [0.25, 0.3) is 0 Å². The Morgan fingerprint density at radius 3 is 2.70 bits per heavy atom. The topological polar surface area (TPSA) is 50.8 Å². The first-order valence-electron chi connectivity index (χ1n) is 7.31. The van der Waals surface area contributed by atoms with Gasteiger partial charge in [0.1, 0.15) is 19.3 Å². The fourth-order valence-electron chi connectivity index (χ4n) is 2.20. The number of rotatable bonds is 6. The molecule has 0 unspecified atom stereocenters. The van der Waals surface area contributed by atoms with Crippen LogP contribution in [-0.2, 0) is 4.79 Å². The lowest BCUT2D eigenvalue weighted by Crippen LogP contribution is -2.46. The predicted molar refractivity (Wildman–Crippen MR) is 77.5 cm³/mol. The van der Waals surface area contributed by atoms with Gasteiger partial charge in [-0.05, 0) is 18.7 Å². The molecule has 0 bridgehead atoms. The van der Waals surface area contributed by atoms with Crippen molar-refractivity contribution in [3.05, 3.63) is 24.3 Å². The van der Waals surface area contributed by atoms with Gasteiger partial charge in [0.2, 0.25) is 5.91 Å². The number of benzene rings is 1. The van der Waals surface area contributed by atoms with E-state index in [1.54, 1.807) is 17.0 Å². The SMILES string of the molecule is CCN(CC(=O)NCC(F)(F)F)C[C@@H]1COc2ccccc2O1. The summed E-state index contributed by atoms with van der Waals surface area (Å²) in [7, 11) is 0. The largest absolute Gasteiger partial charge is 0.486 e. The molecule has 8 heteroatoms. The minimum absolute atomic E-state index is 0.117. The van der Waals surface area contributed by atoms with Gasteiger partial charge in [-0.15, -0.1) is 0 Å². The maximum absolute atomic E-state index is 12.1. The van der Waals surface area contributed by atoms with Crippen LogP contribution in [0.5, 0.6) is 11.5 Å². The maximum atomic E-state index is 12.1. The lowest BCUT2D eigenvalue weighted by atomic mass is 10.2. The molecule has 23 heavy (non-hydrogen) atoms. The molecule has 1 aliphatic rings. The molecule has 2 rings (SSSR count). The van der Waals surface area contributed by atoms with Crippen molar-refractivity contribution in [1.29, 1.82) is 0 Å². The maximum Gasteiger partial charge on any atom is 0.405 e. The molecule has 1 N–H and O–H groups in total. The second-order valence-electron chi connectivity index (χ2n) is 5.22. The van der Waals surface area contributed by atoms with Crippen LogP contribution in [0.4, 0.5) is 13.2 Å². The quantitative estimate of drug-likeness (QED) is 0.863. The van der Waals surface area contributed by atoms with Crippen molar-refractivity contribution in [3.8, 4) is 11.5 Å². The molecule has 0 saturated carbocycles. The van der Waals surface area contributed by atoms with Crippen LogP contribution in [0.1, 0.15) is 6.92 Å². The Bertz CT molecular complexity index is 537. The molecule has 1 atom stereocenters. The van der Waals surface area contributed by atoms with Crippen LogP contribution in [0.3, 0.4) is 0 Å². The summed E-state index contributed by atoms with van der Waals surface area (Å²) in [4.78, 5) is 13.3. The highest BCUT2D eigenvalue weighted by Gasteiger charge is 2.28. The second-order valence-corrected chi connectivity index (χ2v) is 5.22. The number of alkyl halides is 3. The molecule has 128 valence electrons. The van der Waals surface area contributed by atoms with Crippen LogP contribution >= 0.6 is 0 Å². The fourth-order valence-corrected chi connectivity index (χ4v) is 2.20. The molecule has 1 heterocycles. The van der Waals surface area contributed by atoms with E-state index < -0.39 is 18.6 Å². The Kier molecular flexibility index (Phi) is 5.70. The molecule has 0 aliphatic carbocycles. The number of hydrogen-bond donors (Lipinski definition) is 1. The van der Waals surface area contributed by atoms with Crippen molar-refractivity contribution in [3.63, 3.8) is 0 Å². The third-order valence-electron chi connectivity index (χ3n) is 3.33. The first kappa shape index (κ1) is 17.4. The zero-order valence-corrected chi connectivity index (χ0v) is 12.7. The molecule has 0 spiro atoms. The first-order chi connectivity index (χ1) is 10.9. The summed E-state index contributed by atoms with van der Waals surface area (Å²) >= 11 is 0. The number of nitrogens with zero attached hydrogens (tertiary/aromatic N) is 1. The lowest BCUT2D eigenvalue weighted by Gasteiger charge is -2.30. The normalized spacial score (nSPS) is 17.2. The predicted octanol–water partition coefficient (Wildman–Crippen LogP) is 1.83. The zero-order valence-electron chi connectivity index (χ0n) is 12.7. The number of fused-ring (bicyclic) bond motifs is 1. The second kappa shape index (κ2) is 7.54. The molecule has 5 nitrogen and oxygen atoms in total. The molecule has 0 aromatic heterocycles. The van der Waals surface area contributed by atoms with Crippen molar-refractivity contribution in [1.82, 2.24) is 10.2 Å². The van der Waals surface area contributed by atoms with Crippen LogP contribution in [0.15, 0.2) is 24.3 Å². The highest BCUT2D eigenvalue weighted by Crippen LogP contribution is 2.30. The number of carbonyl (C=O) groups excluding carboxylic acids is 1. The van der Waals surface area contributed by atoms with E-state index >= 15 is 0 Å². The van der Waals surface area contributed by atoms with Gasteiger partial charge in [-0.25, -0.2) is 0 Å². The summed E-state index contributed by atoms with van der Waals surface area (Å²) < 4.78 is 47.6. The van der Waals surface area contributed by atoms with Crippen molar-refractivity contribution < 1.29 is 27.4 Å². The lowest BCUT2D eigenvalue weighted by molar-refractivity contribution is -0.139. The Hall–Kier alpha value is -1.96. The highest BCUT2D eigenvalue weighted by molar-refractivity contribution is 5.78. The van der Waals surface area contributed by atoms with Crippen LogP contribution in [-0.4, -0.2) is 55.9 Å². The fraction of sp³-hybridized carbons (Fsp3) is 0.533. The molecule has 0 radical (unpaired) electrons. The standard InChI is InChI=1S/C15H19F3N2O3/c1-2-20(8-14(21)19-10-15(16,17)18)7-11-9-22-12-5-3-4-6-13(12)23-11/h3-6,11H,2,7-10H2,1H3,(H,19,21)/t11-/m1/s1. The van der Waals surface area contributed by atoms with Crippen molar-refractivity contribution in [2.24, 2.45) is 0 Å². The highest BCUT2D eigenvalue weighted by atomic mass is 19.4. The summed E-state index contributed by atoms with van der Waals surface area (Å²) in [6.45, 7) is 1.63. The number of para-hydroxylation sites is 2. The molecular formula is C15H19F3N2O3. The number of likely N-dealkylation sites (N-methyl/N-ethyl adjacent to an activating group) is 1. The molecular weight excluding hydrogens is 313 g/mol. The van der Waals surface area contributed by atoms with Crippen molar-refractivity contribution in [2.75, 3.05) is 32.8 Å². The van der Waals surface area contributed by atoms with Crippen LogP contribution < -0.4 is 14.8 Å². The van der Waals surface area contributed by atoms with Gasteiger partial charge >= 0.3 is 6.18 Å². The van der Waals surface area contributed by atoms with Gasteiger partial charge < -0.3 is 14.8 Å². The van der Waals surface area contributed by atoms with Crippen LogP contribution in [0.2, 0.25) is 0 Å². The Balaban J connectivity index is 1.82. The van der Waals surface area contributed by atoms with Gasteiger partial charge in [0.15, 0.2) is 11.5 Å². The molecule has 0 saturated heterocycles. The first-order valence-corrected chi connectivity index (χ1v) is 7.31. The smallest absolute Gasteiger partial charge is 0.405 e. The summed E-state index contributed by atoms with van der Waals surface area (Å²) in [6.07, 6.45) is -4.68. The Morgan fingerprint density at radius 1 is 1.35 bits per heavy atom. The van der Waals surface area contributed by atoms with Gasteiger partial charge in [0, 0.05) is 6.54 Å². The van der Waals surface area contributed by atoms with E-state index in [0.29, 0.717) is 31.2 Å². The average Bonchev–Trinajstić information content (AvgIpc) is 2.51. The van der Waals surface area contributed by atoms with Crippen molar-refractivity contribution >= 4 is 5.91 Å². The number of hydrogen-bond acceptors (Lipinski definition) is 4. The molecule has 1 amide bonds. The minimum atomic E-state index is -4.41. The van der Waals surface area contributed by atoms with Crippen LogP contribution in [0, 0.1) is 0 Å². The minimum Gasteiger partial charge on any atom is -0.486 e. The van der Waals surface area contributed by atoms with E-state index in [9.17, 15) is 18.0 Å². The molecule has 1 aliphatic heterocycles. The van der Waals surface area contributed by atoms with E-state index in [1.165, 1.54) is 0 Å². The summed E-state index contributed by atoms with van der Waals surface area (Å²) in [5.41, 5.74) is 0. The van der Waals surface area contributed by atoms with Crippen LogP contribution in [0.25, 0.3) is 0 Å². The van der Waals surface area contributed by atoms with E-state index in [-0.39, 0.29) is 12.6 Å². The number of halogens is 3. The van der Waals surface area contributed by atoms with E-state index in [4.69, 9.17) is 9.47 Å². The monoisotopic (exact) mass is 332 g/mol. The van der Waals surface area contributed by atoms with Gasteiger partial charge in [-0.1, -0.05) is 19.1 Å². The number of carbonyl (C=O) groups is 1. The average molecular weight is 332 g/mol. The van der Waals surface area contributed by atoms with Crippen molar-refractivity contribution in [2.45, 2.75) is 19.2 Å². The zero-order chi connectivity index (χ0) is 16.9. The van der Waals surface area contributed by atoms with Gasteiger partial charge in [-0.2, -0.15) is 13.2 Å². The molecule has 0 fully saturated rings. The van der Waals surface area contributed by atoms with E-state index in [1.807, 2.05) is 24.4 Å². The summed E-state index contributed by atoms with van der Waals surface area (Å²) in [5, 5.41) is 1.86. The molecule has 1 aromatic carbocycles. The third kappa shape index (κ3) is 5.63. The summed E-state index contributed by atoms with van der Waals surface area (Å²) in [5.74, 6) is 0.623. The molecule has 1 aromatic rings. The van der Waals surface area contributed by atoms with Gasteiger partial charge in [0.05, 0.1) is 6.54 Å². The van der Waals surface area contributed by atoms with Gasteiger partial charge in [-0.3, -0.25) is 9.69 Å².